The van der Waals surface area contributed by atoms with Crippen molar-refractivity contribution in [3.05, 3.63) is 53.6 Å². The average molecular weight is 578 g/mol. The predicted octanol–water partition coefficient (Wildman–Crippen LogP) is 5.36. The number of carbonyl (C=O) groups is 1. The van der Waals surface area contributed by atoms with E-state index in [0.717, 1.165) is 18.2 Å². The van der Waals surface area contributed by atoms with E-state index in [1.54, 1.807) is 4.90 Å². The molecule has 1 aliphatic heterocycles. The first-order valence-electron chi connectivity index (χ1n) is 12.7. The first kappa shape index (κ1) is 29.7. The molecule has 8 nitrogen and oxygen atoms in total. The summed E-state index contributed by atoms with van der Waals surface area (Å²) in [6.07, 6.45) is -7.68. The summed E-state index contributed by atoms with van der Waals surface area (Å²) in [6, 6.07) is 7.77. The van der Waals surface area contributed by atoms with Crippen molar-refractivity contribution >= 4 is 17.3 Å². The predicted molar refractivity (Wildman–Crippen MR) is 130 cm³/mol. The van der Waals surface area contributed by atoms with E-state index in [4.69, 9.17) is 19.9 Å². The number of anilines is 2. The zero-order valence-electron chi connectivity index (χ0n) is 21.3. The Labute approximate surface area is 226 Å². The molecule has 0 atom stereocenters. The molecule has 14 heteroatoms. The molecule has 2 aromatic rings. The number of piperazine rings is 1. The van der Waals surface area contributed by atoms with E-state index < -0.39 is 34.4 Å². The van der Waals surface area contributed by atoms with Crippen molar-refractivity contribution in [1.29, 1.82) is 0 Å². The zero-order valence-corrected chi connectivity index (χ0v) is 21.3. The van der Waals surface area contributed by atoms with Crippen LogP contribution in [0.25, 0.3) is 0 Å². The third-order valence-corrected chi connectivity index (χ3v) is 7.05. The molecule has 2 aliphatic rings. The highest BCUT2D eigenvalue weighted by Gasteiger charge is 2.36. The molecule has 0 bridgehead atoms. The third-order valence-electron chi connectivity index (χ3n) is 7.05. The van der Waals surface area contributed by atoms with Crippen LogP contribution in [0.3, 0.4) is 0 Å². The first-order valence-corrected chi connectivity index (χ1v) is 12.7. The van der Waals surface area contributed by atoms with E-state index in [1.807, 2.05) is 4.90 Å². The summed E-state index contributed by atoms with van der Waals surface area (Å²) in [7, 11) is 0. The number of carbonyl (C=O) groups excluding carboxylic acids is 1. The van der Waals surface area contributed by atoms with E-state index in [2.05, 4.69) is 0 Å². The van der Waals surface area contributed by atoms with Crippen LogP contribution in [0.1, 0.15) is 36.8 Å². The maximum absolute atomic E-state index is 13.3. The van der Waals surface area contributed by atoms with E-state index >= 15 is 0 Å². The minimum atomic E-state index is -4.81. The van der Waals surface area contributed by atoms with Gasteiger partial charge in [-0.15, -0.1) is 5.23 Å². The smallest absolute Gasteiger partial charge is 0.418 e. The van der Waals surface area contributed by atoms with Crippen LogP contribution >= 0.6 is 0 Å². The van der Waals surface area contributed by atoms with Crippen LogP contribution in [-0.2, 0) is 21.9 Å². The number of alkyl halides is 6. The fourth-order valence-electron chi connectivity index (χ4n) is 4.85. The van der Waals surface area contributed by atoms with Gasteiger partial charge >= 0.3 is 12.4 Å². The van der Waals surface area contributed by atoms with Crippen LogP contribution in [-0.4, -0.2) is 66.2 Å². The van der Waals surface area contributed by atoms with Crippen LogP contribution in [0.2, 0.25) is 0 Å². The highest BCUT2D eigenvalue weighted by atomic mass is 19.4. The van der Waals surface area contributed by atoms with Crippen LogP contribution in [0.15, 0.2) is 42.5 Å². The number of amides is 1. The Morgan fingerprint density at radius 1 is 0.850 bits per heavy atom. The molecule has 1 amide bonds. The number of nitrogens with zero attached hydrogens (tertiary/aromatic N) is 3. The van der Waals surface area contributed by atoms with Crippen molar-refractivity contribution in [2.75, 3.05) is 42.9 Å². The lowest BCUT2D eigenvalue weighted by Crippen LogP contribution is -2.50. The average Bonchev–Trinajstić information content (AvgIpc) is 2.91. The molecule has 1 heterocycles. The normalized spacial score (nSPS) is 20.4. The summed E-state index contributed by atoms with van der Waals surface area (Å²) in [5.41, 5.74) is -2.12. The lowest BCUT2D eigenvalue weighted by atomic mass is 9.95. The minimum Gasteiger partial charge on any atom is -0.490 e. The van der Waals surface area contributed by atoms with Crippen LogP contribution in [0.5, 0.6) is 5.75 Å². The highest BCUT2D eigenvalue weighted by Crippen LogP contribution is 2.39. The number of benzene rings is 2. The van der Waals surface area contributed by atoms with E-state index in [9.17, 15) is 31.1 Å². The SMILES string of the molecule is O=C(COC1CCC(Oc2ccc(N(O)O)c(C(F)(F)F)c2)CC1)N1CCN(c2ccc(C(F)(F)F)cc2)CC1. The molecule has 4 rings (SSSR count). The number of hydrogen-bond acceptors (Lipinski definition) is 7. The second kappa shape index (κ2) is 12.1. The Bertz CT molecular complexity index is 1140. The Kier molecular flexibility index (Phi) is 9.00. The van der Waals surface area contributed by atoms with Crippen LogP contribution < -0.4 is 14.9 Å². The summed E-state index contributed by atoms with van der Waals surface area (Å²) in [4.78, 5) is 16.2. The quantitative estimate of drug-likeness (QED) is 0.338. The molecule has 1 saturated heterocycles. The van der Waals surface area contributed by atoms with E-state index in [0.29, 0.717) is 63.6 Å². The second-order valence-electron chi connectivity index (χ2n) is 9.71. The van der Waals surface area contributed by atoms with Gasteiger partial charge < -0.3 is 19.3 Å². The monoisotopic (exact) mass is 577 g/mol. The van der Waals surface area contributed by atoms with E-state index in [1.165, 1.54) is 18.2 Å². The molecule has 1 saturated carbocycles. The van der Waals surface area contributed by atoms with Crippen molar-refractivity contribution < 1.29 is 51.0 Å². The van der Waals surface area contributed by atoms with Crippen molar-refractivity contribution in [2.24, 2.45) is 0 Å². The molecule has 0 spiro atoms. The Morgan fingerprint density at radius 3 is 2.00 bits per heavy atom. The minimum absolute atomic E-state index is 0.0482. The topological polar surface area (TPSA) is 85.7 Å². The highest BCUT2D eigenvalue weighted by molar-refractivity contribution is 5.77. The van der Waals surface area contributed by atoms with Gasteiger partial charge in [0, 0.05) is 31.9 Å². The summed E-state index contributed by atoms with van der Waals surface area (Å²) in [5, 5.41) is 17.5. The van der Waals surface area contributed by atoms with Crippen molar-refractivity contribution in [3.8, 4) is 5.75 Å². The Hall–Kier alpha value is -3.23. The molecule has 2 aromatic carbocycles. The van der Waals surface area contributed by atoms with Gasteiger partial charge in [-0.1, -0.05) is 0 Å². The standard InChI is InChI=1S/C26H29F6N3O5/c27-25(28,29)17-1-3-18(4-2-17)33-11-13-34(14-12-33)24(36)16-39-19-5-7-20(8-6-19)40-21-9-10-23(35(37)38)22(15-21)26(30,31)32/h1-4,9-10,15,19-20,37-38H,5-8,11-14,16H2. The molecule has 0 unspecified atom stereocenters. The maximum atomic E-state index is 13.3. The summed E-state index contributed by atoms with van der Waals surface area (Å²) in [5.74, 6) is -0.236. The van der Waals surface area contributed by atoms with Crippen LogP contribution in [0, 0.1) is 0 Å². The van der Waals surface area contributed by atoms with Crippen molar-refractivity contribution in [3.63, 3.8) is 0 Å². The summed E-state index contributed by atoms with van der Waals surface area (Å²) >= 11 is 0. The van der Waals surface area contributed by atoms with Gasteiger partial charge in [-0.05, 0) is 68.1 Å². The zero-order chi connectivity index (χ0) is 29.1. The molecule has 2 fully saturated rings. The molecular formula is C26H29F6N3O5. The summed E-state index contributed by atoms with van der Waals surface area (Å²) < 4.78 is 89.6. The summed E-state index contributed by atoms with van der Waals surface area (Å²) in [6.45, 7) is 1.65. The molecular weight excluding hydrogens is 548 g/mol. The third kappa shape index (κ3) is 7.49. The second-order valence-corrected chi connectivity index (χ2v) is 9.71. The molecule has 40 heavy (non-hydrogen) atoms. The maximum Gasteiger partial charge on any atom is 0.418 e. The fraction of sp³-hybridized carbons (Fsp3) is 0.500. The van der Waals surface area contributed by atoms with Crippen molar-refractivity contribution in [2.45, 2.75) is 50.2 Å². The number of hydrogen-bond donors (Lipinski definition) is 2. The molecule has 1 aliphatic carbocycles. The van der Waals surface area contributed by atoms with Gasteiger partial charge in [0.05, 0.1) is 23.3 Å². The molecule has 2 N–H and O–H groups in total. The lowest BCUT2D eigenvalue weighted by molar-refractivity contribution is -0.140. The van der Waals surface area contributed by atoms with E-state index in [-0.39, 0.29) is 30.5 Å². The molecule has 0 radical (unpaired) electrons. The van der Waals surface area contributed by atoms with Gasteiger partial charge in [0.1, 0.15) is 18.0 Å². The molecule has 0 aromatic heterocycles. The molecule has 220 valence electrons. The number of halogens is 6. The first-order chi connectivity index (χ1) is 18.8. The van der Waals surface area contributed by atoms with Gasteiger partial charge in [0.2, 0.25) is 5.91 Å². The lowest BCUT2D eigenvalue weighted by Gasteiger charge is -2.36. The number of ether oxygens (including phenoxy) is 2. The van der Waals surface area contributed by atoms with Crippen molar-refractivity contribution in [1.82, 2.24) is 4.90 Å². The van der Waals surface area contributed by atoms with Gasteiger partial charge in [0.15, 0.2) is 0 Å². The van der Waals surface area contributed by atoms with Crippen LogP contribution in [0.4, 0.5) is 37.7 Å². The largest absolute Gasteiger partial charge is 0.490 e. The van der Waals surface area contributed by atoms with Gasteiger partial charge in [-0.25, -0.2) is 0 Å². The van der Waals surface area contributed by atoms with Gasteiger partial charge in [-0.3, -0.25) is 15.2 Å². The Morgan fingerprint density at radius 2 is 1.45 bits per heavy atom. The van der Waals surface area contributed by atoms with Gasteiger partial charge in [0.25, 0.3) is 0 Å². The van der Waals surface area contributed by atoms with Gasteiger partial charge in [-0.2, -0.15) is 26.3 Å². The Balaban J connectivity index is 1.19. The number of rotatable bonds is 7. The fourth-order valence-corrected chi connectivity index (χ4v) is 4.85.